The Morgan fingerprint density at radius 1 is 1.39 bits per heavy atom. The molecule has 0 radical (unpaired) electrons. The molecule has 2 rings (SSSR count). The van der Waals surface area contributed by atoms with E-state index in [9.17, 15) is 0 Å². The molecule has 1 heterocycles. The van der Waals surface area contributed by atoms with Gasteiger partial charge in [0.2, 0.25) is 0 Å². The summed E-state index contributed by atoms with van der Waals surface area (Å²) >= 11 is 0. The first-order chi connectivity index (χ1) is 8.81. The van der Waals surface area contributed by atoms with Gasteiger partial charge in [-0.25, -0.2) is 0 Å². The third kappa shape index (κ3) is 3.92. The fourth-order valence-corrected chi connectivity index (χ4v) is 3.18. The van der Waals surface area contributed by atoms with E-state index in [1.54, 1.807) is 0 Å². The van der Waals surface area contributed by atoms with Gasteiger partial charge in [0, 0.05) is 31.7 Å². The molecule has 0 bridgehead atoms. The first kappa shape index (κ1) is 14.3. The molecule has 3 atom stereocenters. The van der Waals surface area contributed by atoms with Crippen molar-refractivity contribution >= 4 is 0 Å². The molecule has 1 aliphatic heterocycles. The van der Waals surface area contributed by atoms with Gasteiger partial charge in [-0.3, -0.25) is 0 Å². The molecule has 4 heteroatoms. The van der Waals surface area contributed by atoms with E-state index >= 15 is 0 Å². The van der Waals surface area contributed by atoms with E-state index in [0.29, 0.717) is 12.1 Å². The minimum atomic E-state index is 0.572. The lowest BCUT2D eigenvalue weighted by Crippen LogP contribution is -2.51. The van der Waals surface area contributed by atoms with Gasteiger partial charge >= 0.3 is 0 Å². The van der Waals surface area contributed by atoms with Gasteiger partial charge in [-0.05, 0) is 32.4 Å². The van der Waals surface area contributed by atoms with Crippen molar-refractivity contribution in [2.45, 2.75) is 38.3 Å². The summed E-state index contributed by atoms with van der Waals surface area (Å²) in [6.07, 6.45) is 4.05. The summed E-state index contributed by atoms with van der Waals surface area (Å²) in [6, 6.07) is 1.26. The van der Waals surface area contributed by atoms with Gasteiger partial charge in [-0.15, -0.1) is 0 Å². The molecule has 0 aromatic carbocycles. The second kappa shape index (κ2) is 7.43. The summed E-state index contributed by atoms with van der Waals surface area (Å²) in [4.78, 5) is 2.36. The Morgan fingerprint density at radius 2 is 2.28 bits per heavy atom. The number of morpholine rings is 1. The van der Waals surface area contributed by atoms with E-state index in [0.717, 1.165) is 45.3 Å². The van der Waals surface area contributed by atoms with Crippen LogP contribution in [-0.4, -0.2) is 63.4 Å². The molecule has 1 aliphatic carbocycles. The molecule has 18 heavy (non-hydrogen) atoms. The summed E-state index contributed by atoms with van der Waals surface area (Å²) in [6.45, 7) is 8.40. The second-order valence-electron chi connectivity index (χ2n) is 5.69. The molecule has 0 spiro atoms. The summed E-state index contributed by atoms with van der Waals surface area (Å²) in [5, 5.41) is 7.38. The van der Waals surface area contributed by atoms with Crippen molar-refractivity contribution in [1.29, 1.82) is 0 Å². The SMILES string of the molecule is CCN(C)CCNC1CCCC1C1COCCN1. The van der Waals surface area contributed by atoms with Crippen LogP contribution in [0.4, 0.5) is 0 Å². The van der Waals surface area contributed by atoms with Crippen LogP contribution in [0.5, 0.6) is 0 Å². The van der Waals surface area contributed by atoms with E-state index in [-0.39, 0.29) is 0 Å². The van der Waals surface area contributed by atoms with Crippen LogP contribution < -0.4 is 10.6 Å². The van der Waals surface area contributed by atoms with Crippen LogP contribution in [0.3, 0.4) is 0 Å². The molecule has 0 aromatic heterocycles. The number of hydrogen-bond acceptors (Lipinski definition) is 4. The molecule has 1 saturated heterocycles. The predicted molar refractivity (Wildman–Crippen MR) is 74.9 cm³/mol. The van der Waals surface area contributed by atoms with Crippen molar-refractivity contribution < 1.29 is 4.74 Å². The maximum atomic E-state index is 5.60. The Bertz CT molecular complexity index is 231. The van der Waals surface area contributed by atoms with E-state index in [1.807, 2.05) is 0 Å². The number of likely N-dealkylation sites (N-methyl/N-ethyl adjacent to an activating group) is 1. The van der Waals surface area contributed by atoms with Crippen molar-refractivity contribution in [2.75, 3.05) is 46.4 Å². The van der Waals surface area contributed by atoms with Gasteiger partial charge in [0.25, 0.3) is 0 Å². The Labute approximate surface area is 111 Å². The van der Waals surface area contributed by atoms with Crippen molar-refractivity contribution in [1.82, 2.24) is 15.5 Å². The standard InChI is InChI=1S/C14H29N3O/c1-3-17(2)9-7-15-13-6-4-5-12(13)14-11-18-10-8-16-14/h12-16H,3-11H2,1-2H3. The molecular formula is C14H29N3O. The average molecular weight is 255 g/mol. The molecule has 2 N–H and O–H groups in total. The number of nitrogens with one attached hydrogen (secondary N) is 2. The summed E-state index contributed by atoms with van der Waals surface area (Å²) in [5.74, 6) is 0.761. The van der Waals surface area contributed by atoms with Crippen molar-refractivity contribution in [3.05, 3.63) is 0 Å². The van der Waals surface area contributed by atoms with Gasteiger partial charge in [-0.2, -0.15) is 0 Å². The highest BCUT2D eigenvalue weighted by Crippen LogP contribution is 2.29. The van der Waals surface area contributed by atoms with Crippen LogP contribution in [0.1, 0.15) is 26.2 Å². The van der Waals surface area contributed by atoms with E-state index in [1.165, 1.54) is 19.3 Å². The van der Waals surface area contributed by atoms with Crippen molar-refractivity contribution in [3.8, 4) is 0 Å². The molecule has 106 valence electrons. The molecule has 0 aromatic rings. The maximum absolute atomic E-state index is 5.60. The zero-order valence-electron chi connectivity index (χ0n) is 12.0. The first-order valence-electron chi connectivity index (χ1n) is 7.54. The third-order valence-corrected chi connectivity index (χ3v) is 4.48. The first-order valence-corrected chi connectivity index (χ1v) is 7.54. The lowest BCUT2D eigenvalue weighted by molar-refractivity contribution is 0.0524. The van der Waals surface area contributed by atoms with Crippen LogP contribution >= 0.6 is 0 Å². The number of ether oxygens (including phenoxy) is 1. The summed E-state index contributed by atoms with van der Waals surface area (Å²) in [5.41, 5.74) is 0. The molecule has 1 saturated carbocycles. The summed E-state index contributed by atoms with van der Waals surface area (Å²) < 4.78 is 5.60. The molecule has 2 fully saturated rings. The van der Waals surface area contributed by atoms with E-state index in [4.69, 9.17) is 4.74 Å². The monoisotopic (exact) mass is 255 g/mol. The topological polar surface area (TPSA) is 36.5 Å². The lowest BCUT2D eigenvalue weighted by Gasteiger charge is -2.33. The largest absolute Gasteiger partial charge is 0.379 e. The maximum Gasteiger partial charge on any atom is 0.0623 e. The average Bonchev–Trinajstić information content (AvgIpc) is 2.88. The molecule has 2 aliphatic rings. The summed E-state index contributed by atoms with van der Waals surface area (Å²) in [7, 11) is 2.18. The zero-order chi connectivity index (χ0) is 12.8. The predicted octanol–water partition coefficient (Wildman–Crippen LogP) is 0.685. The van der Waals surface area contributed by atoms with E-state index in [2.05, 4.69) is 29.5 Å². The molecule has 3 unspecified atom stereocenters. The normalized spacial score (nSPS) is 33.2. The van der Waals surface area contributed by atoms with Crippen LogP contribution in [-0.2, 0) is 4.74 Å². The fourth-order valence-electron chi connectivity index (χ4n) is 3.18. The second-order valence-corrected chi connectivity index (χ2v) is 5.69. The highest BCUT2D eigenvalue weighted by molar-refractivity contribution is 4.92. The number of hydrogen-bond donors (Lipinski definition) is 2. The van der Waals surface area contributed by atoms with Crippen LogP contribution in [0.15, 0.2) is 0 Å². The zero-order valence-corrected chi connectivity index (χ0v) is 12.0. The quantitative estimate of drug-likeness (QED) is 0.732. The highest BCUT2D eigenvalue weighted by Gasteiger charge is 2.34. The fraction of sp³-hybridized carbons (Fsp3) is 1.00. The van der Waals surface area contributed by atoms with Gasteiger partial charge in [0.1, 0.15) is 0 Å². The Kier molecular flexibility index (Phi) is 5.89. The highest BCUT2D eigenvalue weighted by atomic mass is 16.5. The van der Waals surface area contributed by atoms with Gasteiger partial charge in [-0.1, -0.05) is 13.3 Å². The molecule has 0 amide bonds. The minimum absolute atomic E-state index is 0.572. The Balaban J connectivity index is 1.72. The third-order valence-electron chi connectivity index (χ3n) is 4.48. The number of nitrogens with zero attached hydrogens (tertiary/aromatic N) is 1. The molecular weight excluding hydrogens is 226 g/mol. The van der Waals surface area contributed by atoms with Gasteiger partial charge in [0.15, 0.2) is 0 Å². The van der Waals surface area contributed by atoms with Crippen molar-refractivity contribution in [2.24, 2.45) is 5.92 Å². The van der Waals surface area contributed by atoms with Crippen LogP contribution in [0, 0.1) is 5.92 Å². The smallest absolute Gasteiger partial charge is 0.0623 e. The molecule has 4 nitrogen and oxygen atoms in total. The van der Waals surface area contributed by atoms with Crippen molar-refractivity contribution in [3.63, 3.8) is 0 Å². The van der Waals surface area contributed by atoms with Gasteiger partial charge < -0.3 is 20.3 Å². The number of rotatable bonds is 6. The van der Waals surface area contributed by atoms with Gasteiger partial charge in [0.05, 0.1) is 13.2 Å². The Hall–Kier alpha value is -0.160. The van der Waals surface area contributed by atoms with Crippen LogP contribution in [0.2, 0.25) is 0 Å². The Morgan fingerprint density at radius 3 is 3.00 bits per heavy atom. The van der Waals surface area contributed by atoms with Crippen LogP contribution in [0.25, 0.3) is 0 Å². The minimum Gasteiger partial charge on any atom is -0.379 e. The lowest BCUT2D eigenvalue weighted by atomic mass is 9.94. The van der Waals surface area contributed by atoms with E-state index < -0.39 is 0 Å².